The quantitative estimate of drug-likeness (QED) is 0.688. The van der Waals surface area contributed by atoms with Crippen molar-refractivity contribution < 1.29 is 23.5 Å². The first-order valence-corrected chi connectivity index (χ1v) is 6.82. The summed E-state index contributed by atoms with van der Waals surface area (Å²) < 4.78 is 24.1. The molecule has 1 N–H and O–H groups in total. The van der Waals surface area contributed by atoms with Crippen LogP contribution in [0.15, 0.2) is 36.4 Å². The summed E-state index contributed by atoms with van der Waals surface area (Å²) in [5.41, 5.74) is 0.251. The summed E-state index contributed by atoms with van der Waals surface area (Å²) in [5.74, 6) is -1.88. The molecule has 0 saturated heterocycles. The summed E-state index contributed by atoms with van der Waals surface area (Å²) in [6.45, 7) is 1.29. The third kappa shape index (κ3) is 3.87. The number of carbonyl (C=O) groups excluding carboxylic acids is 2. The largest absolute Gasteiger partial charge is 0.493 e. The van der Waals surface area contributed by atoms with E-state index in [2.05, 4.69) is 5.32 Å². The molecule has 1 amide bonds. The number of rotatable bonds is 4. The van der Waals surface area contributed by atoms with Gasteiger partial charge in [-0.15, -0.1) is 0 Å². The van der Waals surface area contributed by atoms with Crippen molar-refractivity contribution >= 4 is 17.6 Å². The van der Waals surface area contributed by atoms with Gasteiger partial charge in [0.2, 0.25) is 5.91 Å². The normalized spacial score (nSPS) is 9.75. The average Bonchev–Trinajstić information content (AvgIpc) is 2.56. The zero-order valence-electron chi connectivity index (χ0n) is 12.9. The number of methoxy groups -OCH3 is 1. The van der Waals surface area contributed by atoms with Gasteiger partial charge in [-0.3, -0.25) is 4.79 Å². The number of nitrogens with zero attached hydrogens (tertiary/aromatic N) is 1. The van der Waals surface area contributed by atoms with E-state index in [0.717, 1.165) is 6.07 Å². The molecule has 0 bridgehead atoms. The molecule has 0 aliphatic carbocycles. The van der Waals surface area contributed by atoms with Crippen LogP contribution in [0.5, 0.6) is 11.5 Å². The molecule has 2 aromatic carbocycles. The van der Waals surface area contributed by atoms with E-state index in [9.17, 15) is 14.0 Å². The molecule has 24 heavy (non-hydrogen) atoms. The number of carbonyl (C=O) groups is 2. The fourth-order valence-corrected chi connectivity index (χ4v) is 1.94. The molecule has 0 atom stereocenters. The second kappa shape index (κ2) is 7.24. The SMILES string of the molecule is COc1cc(C#N)ccc1OC(=O)c1cc(NC(C)=O)ccc1F. The molecular formula is C17H13FN2O4. The lowest BCUT2D eigenvalue weighted by Crippen LogP contribution is -2.13. The van der Waals surface area contributed by atoms with Gasteiger partial charge in [0.25, 0.3) is 0 Å². The summed E-state index contributed by atoms with van der Waals surface area (Å²) in [6, 6.07) is 9.70. The van der Waals surface area contributed by atoms with Crippen LogP contribution in [0.2, 0.25) is 0 Å². The van der Waals surface area contributed by atoms with E-state index < -0.39 is 11.8 Å². The molecule has 2 rings (SSSR count). The maximum absolute atomic E-state index is 13.9. The minimum absolute atomic E-state index is 0.0471. The number of ether oxygens (including phenoxy) is 2. The second-order valence-electron chi connectivity index (χ2n) is 4.74. The van der Waals surface area contributed by atoms with Crippen LogP contribution in [0, 0.1) is 17.1 Å². The van der Waals surface area contributed by atoms with E-state index in [1.807, 2.05) is 6.07 Å². The average molecular weight is 328 g/mol. The van der Waals surface area contributed by atoms with Crippen LogP contribution in [0.1, 0.15) is 22.8 Å². The lowest BCUT2D eigenvalue weighted by molar-refractivity contribution is -0.114. The fourth-order valence-electron chi connectivity index (χ4n) is 1.94. The van der Waals surface area contributed by atoms with E-state index in [0.29, 0.717) is 5.56 Å². The Morgan fingerprint density at radius 3 is 2.54 bits per heavy atom. The van der Waals surface area contributed by atoms with Gasteiger partial charge in [-0.2, -0.15) is 5.26 Å². The molecule has 0 unspecified atom stereocenters. The predicted molar refractivity (Wildman–Crippen MR) is 83.4 cm³/mol. The van der Waals surface area contributed by atoms with Crippen molar-refractivity contribution in [2.45, 2.75) is 6.92 Å². The Balaban J connectivity index is 2.30. The van der Waals surface area contributed by atoms with Crippen LogP contribution in [-0.2, 0) is 4.79 Å². The Bertz CT molecular complexity index is 843. The first-order chi connectivity index (χ1) is 11.4. The maximum Gasteiger partial charge on any atom is 0.346 e. The van der Waals surface area contributed by atoms with E-state index in [4.69, 9.17) is 14.7 Å². The van der Waals surface area contributed by atoms with Gasteiger partial charge in [0, 0.05) is 18.7 Å². The van der Waals surface area contributed by atoms with Gasteiger partial charge >= 0.3 is 5.97 Å². The highest BCUT2D eigenvalue weighted by Gasteiger charge is 2.17. The summed E-state index contributed by atoms with van der Waals surface area (Å²) in [6.07, 6.45) is 0. The minimum Gasteiger partial charge on any atom is -0.493 e. The molecule has 0 aliphatic rings. The van der Waals surface area contributed by atoms with Crippen molar-refractivity contribution in [3.05, 3.63) is 53.3 Å². The third-order valence-electron chi connectivity index (χ3n) is 3.00. The number of hydrogen-bond acceptors (Lipinski definition) is 5. The number of hydrogen-bond donors (Lipinski definition) is 1. The van der Waals surface area contributed by atoms with Crippen LogP contribution < -0.4 is 14.8 Å². The minimum atomic E-state index is -0.956. The van der Waals surface area contributed by atoms with Crippen molar-refractivity contribution in [3.8, 4) is 17.6 Å². The van der Waals surface area contributed by atoms with E-state index in [1.165, 1.54) is 44.4 Å². The summed E-state index contributed by atoms with van der Waals surface area (Å²) in [5, 5.41) is 11.3. The Kier molecular flexibility index (Phi) is 5.12. The standard InChI is InChI=1S/C17H13FN2O4/c1-10(21)20-12-4-5-14(18)13(8-12)17(22)24-15-6-3-11(9-19)7-16(15)23-2/h3-8H,1-2H3,(H,20,21). The van der Waals surface area contributed by atoms with Crippen molar-refractivity contribution in [2.75, 3.05) is 12.4 Å². The number of anilines is 1. The molecule has 0 spiro atoms. The molecule has 122 valence electrons. The van der Waals surface area contributed by atoms with Gasteiger partial charge < -0.3 is 14.8 Å². The topological polar surface area (TPSA) is 88.4 Å². The summed E-state index contributed by atoms with van der Waals surface area (Å²) in [7, 11) is 1.35. The highest BCUT2D eigenvalue weighted by Crippen LogP contribution is 2.29. The number of benzene rings is 2. The fraction of sp³-hybridized carbons (Fsp3) is 0.118. The first kappa shape index (κ1) is 17.0. The smallest absolute Gasteiger partial charge is 0.346 e. The number of amides is 1. The number of esters is 1. The Morgan fingerprint density at radius 2 is 1.92 bits per heavy atom. The number of nitrogens with one attached hydrogen (secondary N) is 1. The van der Waals surface area contributed by atoms with Gasteiger partial charge in [-0.1, -0.05) is 0 Å². The molecule has 6 nitrogen and oxygen atoms in total. The van der Waals surface area contributed by atoms with Gasteiger partial charge in [0.05, 0.1) is 24.3 Å². The Labute approximate surface area is 137 Å². The highest BCUT2D eigenvalue weighted by atomic mass is 19.1. The monoisotopic (exact) mass is 328 g/mol. The van der Waals surface area contributed by atoms with Crippen LogP contribution in [0.4, 0.5) is 10.1 Å². The Morgan fingerprint density at radius 1 is 1.17 bits per heavy atom. The molecule has 7 heteroatoms. The Hall–Kier alpha value is -3.40. The van der Waals surface area contributed by atoms with Crippen LogP contribution in [-0.4, -0.2) is 19.0 Å². The van der Waals surface area contributed by atoms with Gasteiger partial charge in [-0.25, -0.2) is 9.18 Å². The molecular weight excluding hydrogens is 315 g/mol. The lowest BCUT2D eigenvalue weighted by Gasteiger charge is -2.10. The predicted octanol–water partition coefficient (Wildman–Crippen LogP) is 2.88. The molecule has 0 fully saturated rings. The van der Waals surface area contributed by atoms with Crippen molar-refractivity contribution in [1.82, 2.24) is 0 Å². The second-order valence-corrected chi connectivity index (χ2v) is 4.74. The molecule has 0 aliphatic heterocycles. The zero-order valence-corrected chi connectivity index (χ0v) is 12.9. The van der Waals surface area contributed by atoms with E-state index in [1.54, 1.807) is 0 Å². The van der Waals surface area contributed by atoms with Crippen LogP contribution in [0.25, 0.3) is 0 Å². The lowest BCUT2D eigenvalue weighted by atomic mass is 10.2. The number of nitriles is 1. The van der Waals surface area contributed by atoms with Crippen LogP contribution >= 0.6 is 0 Å². The third-order valence-corrected chi connectivity index (χ3v) is 3.00. The molecule has 0 radical (unpaired) electrons. The molecule has 0 saturated carbocycles. The van der Waals surface area contributed by atoms with Gasteiger partial charge in [0.15, 0.2) is 11.5 Å². The molecule has 0 heterocycles. The summed E-state index contributed by atoms with van der Waals surface area (Å²) >= 11 is 0. The number of halogens is 1. The van der Waals surface area contributed by atoms with Crippen molar-refractivity contribution in [1.29, 1.82) is 5.26 Å². The van der Waals surface area contributed by atoms with Gasteiger partial charge in [-0.05, 0) is 30.3 Å². The van der Waals surface area contributed by atoms with Gasteiger partial charge in [0.1, 0.15) is 5.82 Å². The molecule has 0 aromatic heterocycles. The maximum atomic E-state index is 13.9. The van der Waals surface area contributed by atoms with E-state index in [-0.39, 0.29) is 28.7 Å². The van der Waals surface area contributed by atoms with E-state index >= 15 is 0 Å². The first-order valence-electron chi connectivity index (χ1n) is 6.82. The van der Waals surface area contributed by atoms with Crippen molar-refractivity contribution in [3.63, 3.8) is 0 Å². The highest BCUT2D eigenvalue weighted by molar-refractivity contribution is 5.95. The summed E-state index contributed by atoms with van der Waals surface area (Å²) in [4.78, 5) is 23.3. The van der Waals surface area contributed by atoms with Crippen LogP contribution in [0.3, 0.4) is 0 Å². The van der Waals surface area contributed by atoms with Crippen molar-refractivity contribution in [2.24, 2.45) is 0 Å². The zero-order chi connectivity index (χ0) is 17.7. The molecule has 2 aromatic rings.